The van der Waals surface area contributed by atoms with Crippen LogP contribution in [0, 0.1) is 0 Å². The molecule has 1 unspecified atom stereocenters. The number of carboxylic acid groups (broad SMARTS) is 1. The Hall–Kier alpha value is -0.610. The quantitative estimate of drug-likeness (QED) is 0.580. The summed E-state index contributed by atoms with van der Waals surface area (Å²) in [6, 6.07) is 0. The Bertz CT molecular complexity index is 147. The van der Waals surface area contributed by atoms with Crippen LogP contribution >= 0.6 is 0 Å². The van der Waals surface area contributed by atoms with Crippen molar-refractivity contribution in [2.24, 2.45) is 0 Å². The second kappa shape index (κ2) is 8.97. The highest BCUT2D eigenvalue weighted by Crippen LogP contribution is 1.97. The highest BCUT2D eigenvalue weighted by Gasteiger charge is 2.14. The van der Waals surface area contributed by atoms with Crippen LogP contribution < -0.4 is 0 Å². The summed E-state index contributed by atoms with van der Waals surface area (Å²) in [4.78, 5) is 10.5. The molecule has 0 rings (SSSR count). The van der Waals surface area contributed by atoms with Gasteiger partial charge in [-0.25, -0.2) is 4.79 Å². The minimum Gasteiger partial charge on any atom is -0.479 e. The molecule has 0 amide bonds. The molecule has 0 aromatic heterocycles. The molecule has 0 aromatic carbocycles. The van der Waals surface area contributed by atoms with Crippen LogP contribution in [0.3, 0.4) is 0 Å². The molecule has 14 heavy (non-hydrogen) atoms. The molecule has 0 aliphatic rings. The highest BCUT2D eigenvalue weighted by molar-refractivity contribution is 5.72. The SMILES string of the molecule is CCCCOCCOC(CC)C(=O)O. The van der Waals surface area contributed by atoms with Crippen molar-refractivity contribution < 1.29 is 19.4 Å². The van der Waals surface area contributed by atoms with Crippen LogP contribution in [0.4, 0.5) is 0 Å². The van der Waals surface area contributed by atoms with E-state index in [-0.39, 0.29) is 0 Å². The monoisotopic (exact) mass is 204 g/mol. The smallest absolute Gasteiger partial charge is 0.332 e. The van der Waals surface area contributed by atoms with Gasteiger partial charge in [0.25, 0.3) is 0 Å². The zero-order chi connectivity index (χ0) is 10.8. The van der Waals surface area contributed by atoms with Gasteiger partial charge in [0.1, 0.15) is 0 Å². The number of hydrogen-bond donors (Lipinski definition) is 1. The Balaban J connectivity index is 3.29. The minimum atomic E-state index is -0.902. The van der Waals surface area contributed by atoms with E-state index in [1.54, 1.807) is 6.92 Å². The van der Waals surface area contributed by atoms with Crippen molar-refractivity contribution >= 4 is 5.97 Å². The van der Waals surface area contributed by atoms with E-state index in [9.17, 15) is 4.79 Å². The molecule has 1 atom stereocenters. The van der Waals surface area contributed by atoms with E-state index < -0.39 is 12.1 Å². The molecule has 4 heteroatoms. The second-order valence-electron chi connectivity index (χ2n) is 3.07. The summed E-state index contributed by atoms with van der Waals surface area (Å²) in [5.41, 5.74) is 0. The van der Waals surface area contributed by atoms with Crippen LogP contribution in [0.15, 0.2) is 0 Å². The lowest BCUT2D eigenvalue weighted by atomic mass is 10.3. The summed E-state index contributed by atoms with van der Waals surface area (Å²) in [5, 5.41) is 8.65. The number of ether oxygens (including phenoxy) is 2. The average Bonchev–Trinajstić information content (AvgIpc) is 2.16. The normalized spacial score (nSPS) is 12.7. The maximum Gasteiger partial charge on any atom is 0.332 e. The number of hydrogen-bond acceptors (Lipinski definition) is 3. The fraction of sp³-hybridized carbons (Fsp3) is 0.900. The first-order chi connectivity index (χ1) is 6.72. The number of aliphatic carboxylic acids is 1. The standard InChI is InChI=1S/C10H20O4/c1-3-5-6-13-7-8-14-9(4-2)10(11)12/h9H,3-8H2,1-2H3,(H,11,12). The predicted octanol–water partition coefficient (Wildman–Crippen LogP) is 1.68. The van der Waals surface area contributed by atoms with Crippen LogP contribution in [0.1, 0.15) is 33.1 Å². The van der Waals surface area contributed by atoms with Crippen molar-refractivity contribution in [1.29, 1.82) is 0 Å². The van der Waals surface area contributed by atoms with Gasteiger partial charge in [0.05, 0.1) is 13.2 Å². The Morgan fingerprint density at radius 1 is 1.29 bits per heavy atom. The van der Waals surface area contributed by atoms with Crippen LogP contribution in [-0.2, 0) is 14.3 Å². The molecule has 0 fully saturated rings. The molecule has 0 bridgehead atoms. The van der Waals surface area contributed by atoms with Gasteiger partial charge in [-0.15, -0.1) is 0 Å². The first-order valence-corrected chi connectivity index (χ1v) is 5.14. The number of unbranched alkanes of at least 4 members (excludes halogenated alkanes) is 1. The van der Waals surface area contributed by atoms with Gasteiger partial charge < -0.3 is 14.6 Å². The minimum absolute atomic E-state index is 0.356. The molecule has 0 heterocycles. The van der Waals surface area contributed by atoms with Crippen LogP contribution in [0.5, 0.6) is 0 Å². The molecule has 0 aliphatic heterocycles. The lowest BCUT2D eigenvalue weighted by Crippen LogP contribution is -2.24. The van der Waals surface area contributed by atoms with Gasteiger partial charge in [0, 0.05) is 6.61 Å². The number of carbonyl (C=O) groups is 1. The molecule has 84 valence electrons. The van der Waals surface area contributed by atoms with Crippen molar-refractivity contribution in [3.8, 4) is 0 Å². The highest BCUT2D eigenvalue weighted by atomic mass is 16.5. The second-order valence-corrected chi connectivity index (χ2v) is 3.07. The molecule has 1 N–H and O–H groups in total. The number of rotatable bonds is 9. The van der Waals surface area contributed by atoms with Crippen molar-refractivity contribution in [2.75, 3.05) is 19.8 Å². The third-order valence-electron chi connectivity index (χ3n) is 1.84. The Labute approximate surface area is 85.2 Å². The lowest BCUT2D eigenvalue weighted by molar-refractivity contribution is -0.151. The van der Waals surface area contributed by atoms with E-state index in [1.165, 1.54) is 0 Å². The van der Waals surface area contributed by atoms with Crippen molar-refractivity contribution in [1.82, 2.24) is 0 Å². The Morgan fingerprint density at radius 2 is 2.00 bits per heavy atom. The summed E-state index contributed by atoms with van der Waals surface area (Å²) in [7, 11) is 0. The molecule has 0 aromatic rings. The Morgan fingerprint density at radius 3 is 2.50 bits per heavy atom. The lowest BCUT2D eigenvalue weighted by Gasteiger charge is -2.11. The first-order valence-electron chi connectivity index (χ1n) is 5.14. The molecule has 0 radical (unpaired) electrons. The van der Waals surface area contributed by atoms with Gasteiger partial charge in [0.2, 0.25) is 0 Å². The van der Waals surface area contributed by atoms with E-state index in [2.05, 4.69) is 6.92 Å². The van der Waals surface area contributed by atoms with Crippen molar-refractivity contribution in [2.45, 2.75) is 39.2 Å². The van der Waals surface area contributed by atoms with Gasteiger partial charge in [0.15, 0.2) is 6.10 Å². The maximum atomic E-state index is 10.5. The van der Waals surface area contributed by atoms with E-state index in [0.717, 1.165) is 19.4 Å². The summed E-state index contributed by atoms with van der Waals surface area (Å²) in [5.74, 6) is -0.902. The molecule has 0 spiro atoms. The van der Waals surface area contributed by atoms with Gasteiger partial charge in [-0.05, 0) is 12.8 Å². The zero-order valence-corrected chi connectivity index (χ0v) is 8.99. The van der Waals surface area contributed by atoms with Gasteiger partial charge >= 0.3 is 5.97 Å². The van der Waals surface area contributed by atoms with Gasteiger partial charge in [-0.1, -0.05) is 20.3 Å². The third-order valence-corrected chi connectivity index (χ3v) is 1.84. The fourth-order valence-corrected chi connectivity index (χ4v) is 0.962. The topological polar surface area (TPSA) is 55.8 Å². The van der Waals surface area contributed by atoms with Crippen molar-refractivity contribution in [3.05, 3.63) is 0 Å². The molecular weight excluding hydrogens is 184 g/mol. The number of carboxylic acids is 1. The van der Waals surface area contributed by atoms with Gasteiger partial charge in [-0.2, -0.15) is 0 Å². The van der Waals surface area contributed by atoms with E-state index >= 15 is 0 Å². The zero-order valence-electron chi connectivity index (χ0n) is 8.99. The summed E-state index contributed by atoms with van der Waals surface area (Å²) >= 11 is 0. The van der Waals surface area contributed by atoms with Crippen LogP contribution in [-0.4, -0.2) is 37.0 Å². The maximum absolute atomic E-state index is 10.5. The average molecular weight is 204 g/mol. The summed E-state index contributed by atoms with van der Waals surface area (Å²) in [6.45, 7) is 5.44. The van der Waals surface area contributed by atoms with E-state index in [0.29, 0.717) is 19.6 Å². The summed E-state index contributed by atoms with van der Waals surface area (Å²) < 4.78 is 10.3. The predicted molar refractivity (Wildman–Crippen MR) is 53.4 cm³/mol. The fourth-order valence-electron chi connectivity index (χ4n) is 0.962. The van der Waals surface area contributed by atoms with E-state index in [4.69, 9.17) is 14.6 Å². The molecule has 0 saturated carbocycles. The Kier molecular flexibility index (Phi) is 8.57. The van der Waals surface area contributed by atoms with Crippen LogP contribution in [0.2, 0.25) is 0 Å². The third kappa shape index (κ3) is 6.86. The van der Waals surface area contributed by atoms with Crippen molar-refractivity contribution in [3.63, 3.8) is 0 Å². The molecule has 0 aliphatic carbocycles. The molecule has 0 saturated heterocycles. The van der Waals surface area contributed by atoms with Gasteiger partial charge in [-0.3, -0.25) is 0 Å². The van der Waals surface area contributed by atoms with Crippen LogP contribution in [0.25, 0.3) is 0 Å². The largest absolute Gasteiger partial charge is 0.479 e. The first kappa shape index (κ1) is 13.4. The molecule has 4 nitrogen and oxygen atoms in total. The van der Waals surface area contributed by atoms with E-state index in [1.807, 2.05) is 0 Å². The summed E-state index contributed by atoms with van der Waals surface area (Å²) in [6.07, 6.45) is 1.94. The molecular formula is C10H20O4.